The Labute approximate surface area is 96.2 Å². The molecule has 0 aliphatic carbocycles. The van der Waals surface area contributed by atoms with E-state index in [1.165, 1.54) is 0 Å². The molecular weight excluding hydrogens is 208 g/mol. The molecule has 5 nitrogen and oxygen atoms in total. The van der Waals surface area contributed by atoms with E-state index in [0.717, 1.165) is 32.6 Å². The van der Waals surface area contributed by atoms with Crippen LogP contribution < -0.4 is 5.73 Å². The van der Waals surface area contributed by atoms with Crippen molar-refractivity contribution in [2.75, 3.05) is 39.4 Å². The van der Waals surface area contributed by atoms with Crippen LogP contribution in [0.25, 0.3) is 0 Å². The van der Waals surface area contributed by atoms with Crippen molar-refractivity contribution < 1.29 is 14.9 Å². The second kappa shape index (κ2) is 4.98. The Hall–Kier alpha value is -0.200. The molecule has 0 spiro atoms. The van der Waals surface area contributed by atoms with Crippen molar-refractivity contribution >= 4 is 0 Å². The van der Waals surface area contributed by atoms with Gasteiger partial charge >= 0.3 is 0 Å². The van der Waals surface area contributed by atoms with Gasteiger partial charge < -0.3 is 20.7 Å². The van der Waals surface area contributed by atoms with Crippen molar-refractivity contribution in [2.24, 2.45) is 11.1 Å². The molecule has 16 heavy (non-hydrogen) atoms. The number of likely N-dealkylation sites (tertiary alicyclic amines) is 1. The average Bonchev–Trinajstić information content (AvgIpc) is 2.59. The van der Waals surface area contributed by atoms with Gasteiger partial charge in [-0.1, -0.05) is 0 Å². The summed E-state index contributed by atoms with van der Waals surface area (Å²) in [5.41, 5.74) is 5.99. The van der Waals surface area contributed by atoms with E-state index in [0.29, 0.717) is 19.6 Å². The molecule has 5 heteroatoms. The molecule has 2 saturated heterocycles. The number of hydrogen-bond donors (Lipinski definition) is 3. The fourth-order valence-corrected chi connectivity index (χ4v) is 2.68. The lowest BCUT2D eigenvalue weighted by Crippen LogP contribution is -2.45. The molecular formula is C11H22N2O3. The standard InChI is InChI=1S/C11H22N2O3/c12-7-11(1-3-16-4-2-11)8-13-5-9(14)10(15)6-13/h9-10,14-15H,1-8,12H2. The lowest BCUT2D eigenvalue weighted by molar-refractivity contribution is 0.00151. The predicted octanol–water partition coefficient (Wildman–Crippen LogP) is -1.22. The van der Waals surface area contributed by atoms with Gasteiger partial charge in [-0.3, -0.25) is 4.90 Å². The molecule has 94 valence electrons. The van der Waals surface area contributed by atoms with Crippen LogP contribution in [0.2, 0.25) is 0 Å². The van der Waals surface area contributed by atoms with Crippen molar-refractivity contribution in [3.05, 3.63) is 0 Å². The Bertz CT molecular complexity index is 221. The molecule has 2 fully saturated rings. The van der Waals surface area contributed by atoms with Crippen LogP contribution in [0.5, 0.6) is 0 Å². The predicted molar refractivity (Wildman–Crippen MR) is 60.0 cm³/mol. The Morgan fingerprint density at radius 2 is 1.75 bits per heavy atom. The van der Waals surface area contributed by atoms with Crippen LogP contribution in [0.4, 0.5) is 0 Å². The van der Waals surface area contributed by atoms with Gasteiger partial charge in [-0.2, -0.15) is 0 Å². The topological polar surface area (TPSA) is 79.0 Å². The minimum Gasteiger partial charge on any atom is -0.389 e. The summed E-state index contributed by atoms with van der Waals surface area (Å²) >= 11 is 0. The van der Waals surface area contributed by atoms with E-state index in [1.54, 1.807) is 0 Å². The van der Waals surface area contributed by atoms with Crippen LogP contribution in [0.1, 0.15) is 12.8 Å². The fourth-order valence-electron chi connectivity index (χ4n) is 2.68. The highest BCUT2D eigenvalue weighted by molar-refractivity contribution is 4.91. The maximum absolute atomic E-state index is 9.51. The van der Waals surface area contributed by atoms with Gasteiger partial charge in [0.25, 0.3) is 0 Å². The van der Waals surface area contributed by atoms with E-state index in [4.69, 9.17) is 10.5 Å². The van der Waals surface area contributed by atoms with Gasteiger partial charge in [0.1, 0.15) is 0 Å². The van der Waals surface area contributed by atoms with Gasteiger partial charge in [-0.25, -0.2) is 0 Å². The zero-order chi connectivity index (χ0) is 11.6. The first-order valence-corrected chi connectivity index (χ1v) is 6.01. The van der Waals surface area contributed by atoms with Crippen LogP contribution in [-0.4, -0.2) is 66.7 Å². The van der Waals surface area contributed by atoms with Crippen LogP contribution in [0.15, 0.2) is 0 Å². The monoisotopic (exact) mass is 230 g/mol. The summed E-state index contributed by atoms with van der Waals surface area (Å²) in [6, 6.07) is 0. The van der Waals surface area contributed by atoms with Crippen molar-refractivity contribution in [1.82, 2.24) is 4.90 Å². The summed E-state index contributed by atoms with van der Waals surface area (Å²) in [5.74, 6) is 0. The van der Waals surface area contributed by atoms with E-state index in [-0.39, 0.29) is 5.41 Å². The maximum atomic E-state index is 9.51. The number of nitrogens with two attached hydrogens (primary N) is 1. The summed E-state index contributed by atoms with van der Waals surface area (Å²) in [5, 5.41) is 19.0. The summed E-state index contributed by atoms with van der Waals surface area (Å²) < 4.78 is 5.36. The largest absolute Gasteiger partial charge is 0.389 e. The number of nitrogens with zero attached hydrogens (tertiary/aromatic N) is 1. The first-order chi connectivity index (χ1) is 7.65. The third-order valence-corrected chi connectivity index (χ3v) is 3.88. The summed E-state index contributed by atoms with van der Waals surface area (Å²) in [4.78, 5) is 2.12. The molecule has 0 radical (unpaired) electrons. The SMILES string of the molecule is NCC1(CN2CC(O)C(O)C2)CCOCC1. The minimum absolute atomic E-state index is 0.113. The van der Waals surface area contributed by atoms with Crippen LogP contribution in [0, 0.1) is 5.41 Å². The normalized spacial score (nSPS) is 35.4. The molecule has 2 rings (SSSR count). The second-order valence-corrected chi connectivity index (χ2v) is 5.15. The van der Waals surface area contributed by atoms with E-state index >= 15 is 0 Å². The molecule has 0 aromatic rings. The van der Waals surface area contributed by atoms with E-state index in [1.807, 2.05) is 0 Å². The highest BCUT2D eigenvalue weighted by Crippen LogP contribution is 2.31. The van der Waals surface area contributed by atoms with Gasteiger partial charge in [0.15, 0.2) is 0 Å². The summed E-state index contributed by atoms with van der Waals surface area (Å²) in [6.07, 6.45) is 0.752. The van der Waals surface area contributed by atoms with Crippen LogP contribution in [0.3, 0.4) is 0 Å². The fraction of sp³-hybridized carbons (Fsp3) is 1.00. The number of β-amino-alcohol motifs (C(OH)–C–C–N with tert-alkyl or cyclic N) is 2. The lowest BCUT2D eigenvalue weighted by atomic mass is 9.80. The number of ether oxygens (including phenoxy) is 1. The Kier molecular flexibility index (Phi) is 3.81. The van der Waals surface area contributed by atoms with Gasteiger partial charge in [-0.05, 0) is 24.8 Å². The number of hydrogen-bond acceptors (Lipinski definition) is 5. The summed E-state index contributed by atoms with van der Waals surface area (Å²) in [7, 11) is 0. The highest BCUT2D eigenvalue weighted by atomic mass is 16.5. The number of aliphatic hydroxyl groups excluding tert-OH is 2. The van der Waals surface area contributed by atoms with E-state index in [2.05, 4.69) is 4.90 Å². The second-order valence-electron chi connectivity index (χ2n) is 5.15. The minimum atomic E-state index is -0.602. The van der Waals surface area contributed by atoms with Gasteiger partial charge in [0.05, 0.1) is 12.2 Å². The zero-order valence-electron chi connectivity index (χ0n) is 9.64. The van der Waals surface area contributed by atoms with Crippen LogP contribution >= 0.6 is 0 Å². The molecule has 2 unspecified atom stereocenters. The quantitative estimate of drug-likeness (QED) is 0.566. The molecule has 0 bridgehead atoms. The molecule has 2 heterocycles. The molecule has 2 aliphatic heterocycles. The first kappa shape index (κ1) is 12.3. The molecule has 0 amide bonds. The van der Waals surface area contributed by atoms with Crippen molar-refractivity contribution in [2.45, 2.75) is 25.0 Å². The molecule has 0 aromatic heterocycles. The van der Waals surface area contributed by atoms with Gasteiger partial charge in [-0.15, -0.1) is 0 Å². The van der Waals surface area contributed by atoms with E-state index in [9.17, 15) is 10.2 Å². The Morgan fingerprint density at radius 1 is 1.19 bits per heavy atom. The Morgan fingerprint density at radius 3 is 2.25 bits per heavy atom. The Balaban J connectivity index is 1.91. The van der Waals surface area contributed by atoms with E-state index < -0.39 is 12.2 Å². The highest BCUT2D eigenvalue weighted by Gasteiger charge is 2.37. The van der Waals surface area contributed by atoms with Crippen molar-refractivity contribution in [1.29, 1.82) is 0 Å². The molecule has 2 atom stereocenters. The molecule has 2 aliphatic rings. The van der Waals surface area contributed by atoms with Gasteiger partial charge in [0.2, 0.25) is 0 Å². The first-order valence-electron chi connectivity index (χ1n) is 6.01. The molecule has 4 N–H and O–H groups in total. The lowest BCUT2D eigenvalue weighted by Gasteiger charge is -2.39. The van der Waals surface area contributed by atoms with Crippen molar-refractivity contribution in [3.63, 3.8) is 0 Å². The zero-order valence-corrected chi connectivity index (χ0v) is 9.64. The molecule has 0 saturated carbocycles. The molecule has 0 aromatic carbocycles. The number of rotatable bonds is 3. The number of aliphatic hydroxyl groups is 2. The third-order valence-electron chi connectivity index (χ3n) is 3.88. The third kappa shape index (κ3) is 2.55. The smallest absolute Gasteiger partial charge is 0.0938 e. The summed E-state index contributed by atoms with van der Waals surface area (Å²) in [6.45, 7) is 4.18. The van der Waals surface area contributed by atoms with Crippen molar-refractivity contribution in [3.8, 4) is 0 Å². The average molecular weight is 230 g/mol. The maximum Gasteiger partial charge on any atom is 0.0938 e. The van der Waals surface area contributed by atoms with Crippen LogP contribution in [-0.2, 0) is 4.74 Å². The van der Waals surface area contributed by atoms with Gasteiger partial charge in [0, 0.05) is 32.8 Å².